The first-order valence-corrected chi connectivity index (χ1v) is 4.17. The van der Waals surface area contributed by atoms with Crippen LogP contribution in [0.4, 0.5) is 0 Å². The molecule has 1 atom stereocenters. The number of hydrogen-bond donors (Lipinski definition) is 1. The topological polar surface area (TPSA) is 32.3 Å². The number of hydrogen-bond acceptors (Lipinski definition) is 2. The Morgan fingerprint density at radius 3 is 2.75 bits per heavy atom. The molecule has 0 aromatic rings. The van der Waals surface area contributed by atoms with Gasteiger partial charge in [0, 0.05) is 32.0 Å². The van der Waals surface area contributed by atoms with Crippen molar-refractivity contribution >= 4 is 18.3 Å². The van der Waals surface area contributed by atoms with Crippen molar-refractivity contribution in [3.8, 4) is 0 Å². The highest BCUT2D eigenvalue weighted by Crippen LogP contribution is 2.35. The van der Waals surface area contributed by atoms with Crippen LogP contribution in [0.5, 0.6) is 0 Å². The molecule has 0 radical (unpaired) electrons. The van der Waals surface area contributed by atoms with Gasteiger partial charge < -0.3 is 10.2 Å². The summed E-state index contributed by atoms with van der Waals surface area (Å²) in [6, 6.07) is 0. The average molecular weight is 191 g/mol. The van der Waals surface area contributed by atoms with E-state index in [-0.39, 0.29) is 12.4 Å². The van der Waals surface area contributed by atoms with Crippen LogP contribution in [0.25, 0.3) is 0 Å². The summed E-state index contributed by atoms with van der Waals surface area (Å²) in [5.41, 5.74) is 0.297. The van der Waals surface area contributed by atoms with Crippen molar-refractivity contribution in [1.29, 1.82) is 0 Å². The third-order valence-electron chi connectivity index (χ3n) is 2.86. The standard InChI is InChI=1S/C8H14N2O.ClH/c1-10-6-8(4-7(10)11)2-3-9-5-8;/h9H,2-6H2,1H3;1H. The van der Waals surface area contributed by atoms with E-state index in [0.717, 1.165) is 26.1 Å². The molecule has 2 rings (SSSR count). The van der Waals surface area contributed by atoms with E-state index in [4.69, 9.17) is 0 Å². The van der Waals surface area contributed by atoms with E-state index < -0.39 is 0 Å². The number of halogens is 1. The second-order valence-electron chi connectivity index (χ2n) is 3.85. The van der Waals surface area contributed by atoms with Crippen molar-refractivity contribution in [2.24, 2.45) is 5.41 Å². The molecule has 1 unspecified atom stereocenters. The van der Waals surface area contributed by atoms with E-state index >= 15 is 0 Å². The lowest BCUT2D eigenvalue weighted by Crippen LogP contribution is -2.27. The zero-order valence-electron chi connectivity index (χ0n) is 7.30. The van der Waals surface area contributed by atoms with Gasteiger partial charge in [-0.05, 0) is 13.0 Å². The van der Waals surface area contributed by atoms with E-state index in [2.05, 4.69) is 5.32 Å². The Balaban J connectivity index is 0.000000720. The second kappa shape index (κ2) is 3.23. The molecule has 70 valence electrons. The van der Waals surface area contributed by atoms with Gasteiger partial charge in [0.05, 0.1) is 0 Å². The summed E-state index contributed by atoms with van der Waals surface area (Å²) in [6.07, 6.45) is 1.93. The Kier molecular flexibility index (Phi) is 2.64. The molecule has 1 N–H and O–H groups in total. The van der Waals surface area contributed by atoms with Crippen molar-refractivity contribution < 1.29 is 4.79 Å². The van der Waals surface area contributed by atoms with Crippen LogP contribution in [0.1, 0.15) is 12.8 Å². The molecule has 0 aromatic carbocycles. The number of amides is 1. The van der Waals surface area contributed by atoms with Crippen molar-refractivity contribution in [1.82, 2.24) is 10.2 Å². The Morgan fingerprint density at radius 2 is 2.33 bits per heavy atom. The first kappa shape index (κ1) is 9.81. The highest BCUT2D eigenvalue weighted by molar-refractivity contribution is 5.85. The number of nitrogens with zero attached hydrogens (tertiary/aromatic N) is 1. The third-order valence-corrected chi connectivity index (χ3v) is 2.86. The fourth-order valence-corrected chi connectivity index (χ4v) is 2.18. The highest BCUT2D eigenvalue weighted by Gasteiger charge is 2.43. The van der Waals surface area contributed by atoms with Crippen molar-refractivity contribution in [2.75, 3.05) is 26.7 Å². The van der Waals surface area contributed by atoms with Gasteiger partial charge in [0.1, 0.15) is 0 Å². The van der Waals surface area contributed by atoms with Gasteiger partial charge in [-0.25, -0.2) is 0 Å². The monoisotopic (exact) mass is 190 g/mol. The van der Waals surface area contributed by atoms with E-state index in [9.17, 15) is 4.79 Å². The third kappa shape index (κ3) is 1.43. The molecule has 0 saturated carbocycles. The van der Waals surface area contributed by atoms with Crippen LogP contribution in [-0.2, 0) is 4.79 Å². The lowest BCUT2D eigenvalue weighted by atomic mass is 9.86. The molecular formula is C8H15ClN2O. The molecule has 0 aromatic heterocycles. The molecule has 2 fully saturated rings. The predicted octanol–water partition coefficient (Wildman–Crippen LogP) is 0.250. The maximum Gasteiger partial charge on any atom is 0.223 e. The van der Waals surface area contributed by atoms with E-state index in [0.29, 0.717) is 11.3 Å². The fraction of sp³-hybridized carbons (Fsp3) is 0.875. The zero-order valence-corrected chi connectivity index (χ0v) is 8.12. The smallest absolute Gasteiger partial charge is 0.223 e. The Hall–Kier alpha value is -0.280. The highest BCUT2D eigenvalue weighted by atomic mass is 35.5. The van der Waals surface area contributed by atoms with Crippen molar-refractivity contribution in [3.05, 3.63) is 0 Å². The van der Waals surface area contributed by atoms with Gasteiger partial charge in [-0.15, -0.1) is 12.4 Å². The molecule has 4 heteroatoms. The Morgan fingerprint density at radius 1 is 1.58 bits per heavy atom. The molecular weight excluding hydrogens is 176 g/mol. The van der Waals surface area contributed by atoms with Crippen LogP contribution < -0.4 is 5.32 Å². The maximum absolute atomic E-state index is 11.2. The number of likely N-dealkylation sites (tertiary alicyclic amines) is 1. The van der Waals surface area contributed by atoms with Gasteiger partial charge in [-0.1, -0.05) is 0 Å². The van der Waals surface area contributed by atoms with E-state index in [1.807, 2.05) is 11.9 Å². The lowest BCUT2D eigenvalue weighted by molar-refractivity contribution is -0.126. The SMILES string of the molecule is CN1CC2(CCNC2)CC1=O.Cl. The molecule has 0 bridgehead atoms. The first-order valence-electron chi connectivity index (χ1n) is 4.17. The van der Waals surface area contributed by atoms with Gasteiger partial charge >= 0.3 is 0 Å². The van der Waals surface area contributed by atoms with Crippen LogP contribution >= 0.6 is 12.4 Å². The molecule has 2 aliphatic heterocycles. The van der Waals surface area contributed by atoms with Gasteiger partial charge in [-0.2, -0.15) is 0 Å². The Labute approximate surface area is 78.9 Å². The summed E-state index contributed by atoms with van der Waals surface area (Å²) in [5.74, 6) is 0.314. The van der Waals surface area contributed by atoms with Crippen LogP contribution in [0, 0.1) is 5.41 Å². The summed E-state index contributed by atoms with van der Waals surface area (Å²) < 4.78 is 0. The molecule has 1 spiro atoms. The second-order valence-corrected chi connectivity index (χ2v) is 3.85. The average Bonchev–Trinajstić information content (AvgIpc) is 2.46. The van der Waals surface area contributed by atoms with Gasteiger partial charge in [0.15, 0.2) is 0 Å². The quantitative estimate of drug-likeness (QED) is 0.594. The normalized spacial score (nSPS) is 34.4. The molecule has 12 heavy (non-hydrogen) atoms. The minimum atomic E-state index is 0. The minimum Gasteiger partial charge on any atom is -0.345 e. The largest absolute Gasteiger partial charge is 0.345 e. The summed E-state index contributed by atoms with van der Waals surface area (Å²) in [5, 5.41) is 3.32. The van der Waals surface area contributed by atoms with Crippen LogP contribution in [0.2, 0.25) is 0 Å². The number of rotatable bonds is 0. The fourth-order valence-electron chi connectivity index (χ4n) is 2.18. The predicted molar refractivity (Wildman–Crippen MR) is 49.4 cm³/mol. The lowest BCUT2D eigenvalue weighted by Gasteiger charge is -2.19. The molecule has 2 heterocycles. The summed E-state index contributed by atoms with van der Waals surface area (Å²) in [6.45, 7) is 3.07. The van der Waals surface area contributed by atoms with Crippen molar-refractivity contribution in [3.63, 3.8) is 0 Å². The summed E-state index contributed by atoms with van der Waals surface area (Å²) >= 11 is 0. The van der Waals surface area contributed by atoms with E-state index in [1.54, 1.807) is 0 Å². The van der Waals surface area contributed by atoms with Gasteiger partial charge in [0.25, 0.3) is 0 Å². The van der Waals surface area contributed by atoms with Crippen LogP contribution in [-0.4, -0.2) is 37.5 Å². The first-order chi connectivity index (χ1) is 5.22. The summed E-state index contributed by atoms with van der Waals surface area (Å²) in [4.78, 5) is 13.1. The molecule has 0 aliphatic carbocycles. The Bertz CT molecular complexity index is 189. The summed E-state index contributed by atoms with van der Waals surface area (Å²) in [7, 11) is 1.90. The molecule has 3 nitrogen and oxygen atoms in total. The minimum absolute atomic E-state index is 0. The number of carbonyl (C=O) groups excluding carboxylic acids is 1. The molecule has 1 amide bonds. The van der Waals surface area contributed by atoms with Crippen LogP contribution in [0.3, 0.4) is 0 Å². The van der Waals surface area contributed by atoms with E-state index in [1.165, 1.54) is 6.42 Å². The maximum atomic E-state index is 11.2. The van der Waals surface area contributed by atoms with Crippen LogP contribution in [0.15, 0.2) is 0 Å². The van der Waals surface area contributed by atoms with Crippen molar-refractivity contribution in [2.45, 2.75) is 12.8 Å². The number of nitrogens with one attached hydrogen (secondary N) is 1. The number of carbonyl (C=O) groups is 1. The van der Waals surface area contributed by atoms with Gasteiger partial charge in [-0.3, -0.25) is 4.79 Å². The zero-order chi connectivity index (χ0) is 7.90. The van der Waals surface area contributed by atoms with Gasteiger partial charge in [0.2, 0.25) is 5.91 Å². The molecule has 2 aliphatic rings. The molecule has 2 saturated heterocycles.